The third kappa shape index (κ3) is 3.83. The molecular formula is C20H18N10. The molecule has 4 rings (SSSR count). The van der Waals surface area contributed by atoms with Crippen molar-refractivity contribution in [1.82, 2.24) is 9.97 Å². The number of aromatic nitrogens is 2. The summed E-state index contributed by atoms with van der Waals surface area (Å²) in [5.41, 5.74) is 25.1. The van der Waals surface area contributed by atoms with Crippen LogP contribution in [0.5, 0.6) is 0 Å². The molecule has 2 heterocycles. The van der Waals surface area contributed by atoms with Crippen LogP contribution in [0.15, 0.2) is 81.1 Å². The summed E-state index contributed by atoms with van der Waals surface area (Å²) >= 11 is 0. The first-order valence-corrected chi connectivity index (χ1v) is 8.90. The number of nitrogen functional groups attached to an aromatic ring is 4. The molecular weight excluding hydrogens is 380 g/mol. The molecule has 0 bridgehead atoms. The maximum atomic E-state index is 5.84. The number of fused-ring (bicyclic) bond motifs is 1. The average molecular weight is 398 g/mol. The minimum atomic E-state index is 0.211. The Morgan fingerprint density at radius 1 is 0.467 bits per heavy atom. The van der Waals surface area contributed by atoms with E-state index in [1.165, 1.54) is 0 Å². The van der Waals surface area contributed by atoms with Gasteiger partial charge in [-0.05, 0) is 36.4 Å². The van der Waals surface area contributed by atoms with Crippen molar-refractivity contribution in [3.05, 3.63) is 60.7 Å². The highest BCUT2D eigenvalue weighted by Gasteiger charge is 2.06. The second-order valence-corrected chi connectivity index (χ2v) is 6.33. The number of pyridine rings is 2. The molecule has 0 unspecified atom stereocenters. The summed E-state index contributed by atoms with van der Waals surface area (Å²) in [5.74, 6) is 1.07. The summed E-state index contributed by atoms with van der Waals surface area (Å²) in [6.07, 6.45) is 0. The predicted molar refractivity (Wildman–Crippen MR) is 118 cm³/mol. The van der Waals surface area contributed by atoms with Gasteiger partial charge in [-0.2, -0.15) is 0 Å². The molecule has 0 atom stereocenters. The van der Waals surface area contributed by atoms with Gasteiger partial charge in [-0.15, -0.1) is 20.5 Å². The predicted octanol–water partition coefficient (Wildman–Crippen LogP) is 4.79. The third-order valence-electron chi connectivity index (χ3n) is 4.25. The van der Waals surface area contributed by atoms with Crippen LogP contribution < -0.4 is 22.9 Å². The molecule has 148 valence electrons. The zero-order chi connectivity index (χ0) is 21.1. The van der Waals surface area contributed by atoms with Gasteiger partial charge < -0.3 is 22.9 Å². The molecule has 4 aromatic rings. The summed E-state index contributed by atoms with van der Waals surface area (Å²) in [6, 6.07) is 17.8. The summed E-state index contributed by atoms with van der Waals surface area (Å²) in [5, 5.41) is 18.8. The Balaban J connectivity index is 1.71. The van der Waals surface area contributed by atoms with E-state index in [2.05, 4.69) is 30.4 Å². The van der Waals surface area contributed by atoms with Crippen LogP contribution in [0.4, 0.5) is 46.0 Å². The van der Waals surface area contributed by atoms with Gasteiger partial charge in [0.05, 0.1) is 11.4 Å². The van der Waals surface area contributed by atoms with E-state index >= 15 is 0 Å². The molecule has 0 aliphatic rings. The molecule has 0 saturated carbocycles. The van der Waals surface area contributed by atoms with Crippen LogP contribution in [-0.2, 0) is 0 Å². The van der Waals surface area contributed by atoms with Gasteiger partial charge in [0, 0.05) is 10.8 Å². The quantitative estimate of drug-likeness (QED) is 0.359. The number of nitrogens with two attached hydrogens (primary N) is 4. The van der Waals surface area contributed by atoms with Crippen molar-refractivity contribution in [2.75, 3.05) is 22.9 Å². The van der Waals surface area contributed by atoms with Crippen molar-refractivity contribution in [2.45, 2.75) is 0 Å². The number of benzene rings is 2. The molecule has 2 aromatic heterocycles. The van der Waals surface area contributed by atoms with E-state index in [0.717, 1.165) is 10.8 Å². The highest BCUT2D eigenvalue weighted by atomic mass is 15.1. The van der Waals surface area contributed by atoms with Crippen molar-refractivity contribution in [3.8, 4) is 0 Å². The SMILES string of the molecule is Nc1ccc(N=Nc2cccc3c(N=Nc4ccc(N)nc4N)cccc23)c(N)n1. The lowest BCUT2D eigenvalue weighted by Crippen LogP contribution is -1.95. The first-order valence-electron chi connectivity index (χ1n) is 8.90. The molecule has 0 radical (unpaired) electrons. The standard InChI is InChI=1S/C20H18N10/c21-17-9-7-15(19(23)25-17)29-27-13-5-1-3-11-12(13)4-2-6-14(11)28-30-16-8-10-18(22)26-20(16)24/h1-10H,(H4,21,23,25)(H4,22,24,26). The number of hydrogen-bond donors (Lipinski definition) is 4. The van der Waals surface area contributed by atoms with Crippen molar-refractivity contribution >= 4 is 56.8 Å². The van der Waals surface area contributed by atoms with Gasteiger partial charge >= 0.3 is 0 Å². The number of rotatable bonds is 4. The van der Waals surface area contributed by atoms with E-state index in [-0.39, 0.29) is 11.6 Å². The lowest BCUT2D eigenvalue weighted by molar-refractivity contribution is 1.21. The van der Waals surface area contributed by atoms with E-state index in [4.69, 9.17) is 22.9 Å². The maximum absolute atomic E-state index is 5.84. The first kappa shape index (κ1) is 18.7. The number of nitrogens with zero attached hydrogens (tertiary/aromatic N) is 6. The Morgan fingerprint density at radius 3 is 1.27 bits per heavy atom. The zero-order valence-corrected chi connectivity index (χ0v) is 15.8. The number of anilines is 4. The minimum absolute atomic E-state index is 0.211. The van der Waals surface area contributed by atoms with E-state index < -0.39 is 0 Å². The molecule has 0 saturated heterocycles. The second kappa shape index (κ2) is 7.80. The van der Waals surface area contributed by atoms with Crippen molar-refractivity contribution in [3.63, 3.8) is 0 Å². The molecule has 30 heavy (non-hydrogen) atoms. The van der Waals surface area contributed by atoms with Crippen LogP contribution in [-0.4, -0.2) is 9.97 Å². The van der Waals surface area contributed by atoms with Crippen LogP contribution in [0, 0.1) is 0 Å². The maximum Gasteiger partial charge on any atom is 0.153 e. The molecule has 0 fully saturated rings. The van der Waals surface area contributed by atoms with E-state index in [1.54, 1.807) is 24.3 Å². The summed E-state index contributed by atoms with van der Waals surface area (Å²) in [7, 11) is 0. The highest BCUT2D eigenvalue weighted by molar-refractivity contribution is 5.99. The number of hydrogen-bond acceptors (Lipinski definition) is 10. The summed E-state index contributed by atoms with van der Waals surface area (Å²) in [4.78, 5) is 7.96. The minimum Gasteiger partial charge on any atom is -0.384 e. The van der Waals surface area contributed by atoms with Gasteiger partial charge in [-0.1, -0.05) is 24.3 Å². The summed E-state index contributed by atoms with van der Waals surface area (Å²) < 4.78 is 0. The molecule has 0 aliphatic heterocycles. The second-order valence-electron chi connectivity index (χ2n) is 6.33. The van der Waals surface area contributed by atoms with Crippen LogP contribution in [0.2, 0.25) is 0 Å². The topological polar surface area (TPSA) is 179 Å². The first-order chi connectivity index (χ1) is 14.5. The van der Waals surface area contributed by atoms with Crippen LogP contribution in [0.25, 0.3) is 10.8 Å². The average Bonchev–Trinajstić information content (AvgIpc) is 2.72. The number of azo groups is 2. The normalized spacial score (nSPS) is 11.6. The molecule has 0 amide bonds. The highest BCUT2D eigenvalue weighted by Crippen LogP contribution is 2.35. The lowest BCUT2D eigenvalue weighted by atomic mass is 10.1. The van der Waals surface area contributed by atoms with Gasteiger partial charge in [0.15, 0.2) is 11.6 Å². The van der Waals surface area contributed by atoms with E-state index in [1.807, 2.05) is 36.4 Å². The largest absolute Gasteiger partial charge is 0.384 e. The van der Waals surface area contributed by atoms with Gasteiger partial charge in [-0.3, -0.25) is 0 Å². The fraction of sp³-hybridized carbons (Fsp3) is 0. The van der Waals surface area contributed by atoms with Crippen molar-refractivity contribution in [2.24, 2.45) is 20.5 Å². The van der Waals surface area contributed by atoms with Crippen molar-refractivity contribution < 1.29 is 0 Å². The molecule has 10 heteroatoms. The molecule has 0 spiro atoms. The van der Waals surface area contributed by atoms with Crippen LogP contribution in [0.3, 0.4) is 0 Å². The third-order valence-corrected chi connectivity index (χ3v) is 4.25. The Labute approximate surface area is 171 Å². The van der Waals surface area contributed by atoms with Gasteiger partial charge in [0.1, 0.15) is 23.0 Å². The van der Waals surface area contributed by atoms with Crippen LogP contribution >= 0.6 is 0 Å². The van der Waals surface area contributed by atoms with Crippen molar-refractivity contribution in [1.29, 1.82) is 0 Å². The van der Waals surface area contributed by atoms with E-state index in [9.17, 15) is 0 Å². The Kier molecular flexibility index (Phi) is 4.87. The fourth-order valence-corrected chi connectivity index (χ4v) is 2.80. The lowest BCUT2D eigenvalue weighted by Gasteiger charge is -2.05. The zero-order valence-electron chi connectivity index (χ0n) is 15.8. The van der Waals surface area contributed by atoms with Gasteiger partial charge in [-0.25, -0.2) is 9.97 Å². The molecule has 8 N–H and O–H groups in total. The Bertz CT molecular complexity index is 1200. The smallest absolute Gasteiger partial charge is 0.153 e. The molecule has 2 aromatic carbocycles. The monoisotopic (exact) mass is 398 g/mol. The van der Waals surface area contributed by atoms with Crippen LogP contribution in [0.1, 0.15) is 0 Å². The summed E-state index contributed by atoms with van der Waals surface area (Å²) in [6.45, 7) is 0. The van der Waals surface area contributed by atoms with Gasteiger partial charge in [0.25, 0.3) is 0 Å². The van der Waals surface area contributed by atoms with Gasteiger partial charge in [0.2, 0.25) is 0 Å². The fourth-order valence-electron chi connectivity index (χ4n) is 2.80. The van der Waals surface area contributed by atoms with E-state index in [0.29, 0.717) is 34.4 Å². The molecule has 10 nitrogen and oxygen atoms in total. The molecule has 0 aliphatic carbocycles. The Hall–Kier alpha value is -4.60. The Morgan fingerprint density at radius 2 is 0.867 bits per heavy atom.